The number of thiazole rings is 1. The highest BCUT2D eigenvalue weighted by Gasteiger charge is 2.19. The van der Waals surface area contributed by atoms with Gasteiger partial charge in [0.15, 0.2) is 5.57 Å². The van der Waals surface area contributed by atoms with Crippen molar-refractivity contribution in [3.8, 4) is 17.5 Å². The maximum atomic E-state index is 13.5. The topological polar surface area (TPSA) is 96.6 Å². The molecule has 0 spiro atoms. The third-order valence-corrected chi connectivity index (χ3v) is 6.71. The molecule has 9 heteroatoms. The molecule has 8 nitrogen and oxygen atoms in total. The number of benzene rings is 2. The monoisotopic (exact) mass is 490 g/mol. The predicted octanol–water partition coefficient (Wildman–Crippen LogP) is 0.859. The second-order valence-corrected chi connectivity index (χ2v) is 8.87. The lowest BCUT2D eigenvalue weighted by atomic mass is 10.2. The molecule has 0 bridgehead atoms. The van der Waals surface area contributed by atoms with Gasteiger partial charge in [0, 0.05) is 26.2 Å². The smallest absolute Gasteiger partial charge is 0.273 e. The number of ether oxygens (including phenoxy) is 2. The quantitative estimate of drug-likeness (QED) is 0.528. The summed E-state index contributed by atoms with van der Waals surface area (Å²) in [4.78, 5) is 28.8. The van der Waals surface area contributed by atoms with E-state index in [1.54, 1.807) is 30.3 Å². The van der Waals surface area contributed by atoms with Gasteiger partial charge in [0.25, 0.3) is 11.5 Å². The Kier molecular flexibility index (Phi) is 8.11. The van der Waals surface area contributed by atoms with Gasteiger partial charge in [-0.15, -0.1) is 11.3 Å². The molecule has 35 heavy (non-hydrogen) atoms. The minimum atomic E-state index is -0.517. The van der Waals surface area contributed by atoms with Crippen molar-refractivity contribution >= 4 is 28.9 Å². The highest BCUT2D eigenvalue weighted by atomic mass is 32.1. The van der Waals surface area contributed by atoms with Gasteiger partial charge in [-0.25, -0.2) is 0 Å². The number of nitriles is 1. The number of nitrogens with one attached hydrogen (secondary N) is 1. The van der Waals surface area contributed by atoms with Crippen LogP contribution in [0.25, 0.3) is 17.3 Å². The first-order valence-corrected chi connectivity index (χ1v) is 12.1. The lowest BCUT2D eigenvalue weighted by Crippen LogP contribution is -2.42. The van der Waals surface area contributed by atoms with Gasteiger partial charge in [-0.1, -0.05) is 42.5 Å². The molecule has 1 fully saturated rings. The fraction of sp³-hybridized carbons (Fsp3) is 0.269. The molecule has 1 aliphatic rings. The van der Waals surface area contributed by atoms with Crippen molar-refractivity contribution in [1.29, 1.82) is 5.26 Å². The first-order chi connectivity index (χ1) is 17.1. The standard InChI is InChI=1S/C26H26N4O4S/c1-33-22-10-6-5-9-21(22)30-25(32)23(17-19-7-3-2-4-8-19)35-26(30)20(18-27)24(31)28-11-12-29-13-15-34-16-14-29/h2-10,17H,11-16H2,1H3,(H,28,31)/b23-17+,26-20-. The predicted molar refractivity (Wildman–Crippen MR) is 135 cm³/mol. The van der Waals surface area contributed by atoms with Crippen LogP contribution in [0.5, 0.6) is 5.75 Å². The summed E-state index contributed by atoms with van der Waals surface area (Å²) in [6, 6.07) is 18.5. The van der Waals surface area contributed by atoms with E-state index in [1.165, 1.54) is 11.7 Å². The van der Waals surface area contributed by atoms with E-state index in [-0.39, 0.29) is 15.8 Å². The van der Waals surface area contributed by atoms with Crippen molar-refractivity contribution in [3.05, 3.63) is 79.7 Å². The van der Waals surface area contributed by atoms with E-state index in [1.807, 2.05) is 36.4 Å². The molecule has 1 N–H and O–H groups in total. The molecule has 0 saturated carbocycles. The SMILES string of the molecule is COc1ccccc1-n1c(=O)/c(=C\c2ccccc2)s/c1=C(/C#N)C(=O)NCCN1CCOCC1. The minimum absolute atomic E-state index is 0.118. The van der Waals surface area contributed by atoms with Crippen molar-refractivity contribution in [2.45, 2.75) is 0 Å². The third kappa shape index (κ3) is 5.69. The van der Waals surface area contributed by atoms with Crippen molar-refractivity contribution < 1.29 is 14.3 Å². The zero-order valence-corrected chi connectivity index (χ0v) is 20.2. The van der Waals surface area contributed by atoms with Crippen molar-refractivity contribution in [1.82, 2.24) is 14.8 Å². The Bertz CT molecular complexity index is 1400. The number of methoxy groups -OCH3 is 1. The van der Waals surface area contributed by atoms with E-state index in [2.05, 4.69) is 10.2 Å². The number of aromatic nitrogens is 1. The molecule has 4 rings (SSSR count). The second kappa shape index (κ2) is 11.6. The number of amides is 1. The van der Waals surface area contributed by atoms with E-state index in [0.29, 0.717) is 42.3 Å². The Balaban J connectivity index is 1.79. The van der Waals surface area contributed by atoms with Gasteiger partial charge in [0.05, 0.1) is 30.5 Å². The molecular weight excluding hydrogens is 464 g/mol. The first-order valence-electron chi connectivity index (χ1n) is 11.3. The largest absolute Gasteiger partial charge is 0.495 e. The van der Waals surface area contributed by atoms with Crippen LogP contribution < -0.4 is 24.8 Å². The maximum Gasteiger partial charge on any atom is 0.273 e. The highest BCUT2D eigenvalue weighted by molar-refractivity contribution is 7.07. The van der Waals surface area contributed by atoms with E-state index >= 15 is 0 Å². The van der Waals surface area contributed by atoms with Crippen LogP contribution in [0.15, 0.2) is 59.4 Å². The molecule has 1 saturated heterocycles. The van der Waals surface area contributed by atoms with Crippen LogP contribution in [-0.2, 0) is 9.53 Å². The number of nitrogens with zero attached hydrogens (tertiary/aromatic N) is 3. The van der Waals surface area contributed by atoms with Gasteiger partial charge >= 0.3 is 0 Å². The van der Waals surface area contributed by atoms with Crippen LogP contribution in [-0.4, -0.2) is 61.9 Å². The van der Waals surface area contributed by atoms with E-state index in [4.69, 9.17) is 9.47 Å². The Morgan fingerprint density at radius 3 is 2.60 bits per heavy atom. The van der Waals surface area contributed by atoms with E-state index < -0.39 is 5.91 Å². The Morgan fingerprint density at radius 1 is 1.17 bits per heavy atom. The van der Waals surface area contributed by atoms with Gasteiger partial charge < -0.3 is 14.8 Å². The molecule has 180 valence electrons. The van der Waals surface area contributed by atoms with Gasteiger partial charge in [0.2, 0.25) is 0 Å². The number of para-hydroxylation sites is 2. The first kappa shape index (κ1) is 24.4. The zero-order valence-electron chi connectivity index (χ0n) is 19.4. The lowest BCUT2D eigenvalue weighted by molar-refractivity contribution is -0.115. The number of rotatable bonds is 7. The number of morpholine rings is 1. The molecule has 3 aromatic rings. The number of carbonyl (C=O) groups excluding carboxylic acids is 1. The zero-order chi connectivity index (χ0) is 24.6. The summed E-state index contributed by atoms with van der Waals surface area (Å²) in [7, 11) is 1.51. The number of hydrogen-bond donors (Lipinski definition) is 1. The average molecular weight is 491 g/mol. The summed E-state index contributed by atoms with van der Waals surface area (Å²) in [5.74, 6) is -0.0538. The second-order valence-electron chi connectivity index (χ2n) is 7.84. The van der Waals surface area contributed by atoms with Crippen molar-refractivity contribution in [3.63, 3.8) is 0 Å². The van der Waals surface area contributed by atoms with Crippen LogP contribution in [0, 0.1) is 11.3 Å². The van der Waals surface area contributed by atoms with Crippen molar-refractivity contribution in [2.75, 3.05) is 46.5 Å². The summed E-state index contributed by atoms with van der Waals surface area (Å²) in [6.45, 7) is 4.00. The molecular formula is C26H26N4O4S. The van der Waals surface area contributed by atoms with Gasteiger partial charge in [-0.2, -0.15) is 5.26 Å². The van der Waals surface area contributed by atoms with Crippen LogP contribution in [0.2, 0.25) is 0 Å². The Morgan fingerprint density at radius 2 is 1.89 bits per heavy atom. The number of carbonyl (C=O) groups is 1. The van der Waals surface area contributed by atoms with E-state index in [9.17, 15) is 14.9 Å². The van der Waals surface area contributed by atoms with Gasteiger partial charge in [-0.05, 0) is 23.8 Å². The summed E-state index contributed by atoms with van der Waals surface area (Å²) in [6.07, 6.45) is 1.76. The normalized spacial score (nSPS) is 15.4. The molecule has 0 aliphatic carbocycles. The molecule has 0 radical (unpaired) electrons. The molecule has 2 aromatic carbocycles. The molecule has 1 aromatic heterocycles. The molecule has 0 atom stereocenters. The highest BCUT2D eigenvalue weighted by Crippen LogP contribution is 2.19. The van der Waals surface area contributed by atoms with Crippen LogP contribution in [0.4, 0.5) is 0 Å². The van der Waals surface area contributed by atoms with Crippen LogP contribution >= 0.6 is 11.3 Å². The molecule has 1 aliphatic heterocycles. The lowest BCUT2D eigenvalue weighted by Gasteiger charge is -2.26. The molecule has 1 amide bonds. The summed E-state index contributed by atoms with van der Waals surface area (Å²) < 4.78 is 12.9. The number of hydrogen-bond acceptors (Lipinski definition) is 7. The van der Waals surface area contributed by atoms with Crippen LogP contribution in [0.3, 0.4) is 0 Å². The van der Waals surface area contributed by atoms with Gasteiger partial charge in [0.1, 0.15) is 16.5 Å². The molecule has 0 unspecified atom stereocenters. The van der Waals surface area contributed by atoms with Gasteiger partial charge in [-0.3, -0.25) is 19.1 Å². The maximum absolute atomic E-state index is 13.5. The fourth-order valence-corrected chi connectivity index (χ4v) is 4.92. The van der Waals surface area contributed by atoms with Crippen LogP contribution in [0.1, 0.15) is 5.56 Å². The van der Waals surface area contributed by atoms with E-state index in [0.717, 1.165) is 30.0 Å². The molecule has 2 heterocycles. The summed E-state index contributed by atoms with van der Waals surface area (Å²) in [5, 5.41) is 12.8. The summed E-state index contributed by atoms with van der Waals surface area (Å²) >= 11 is 1.11. The third-order valence-electron chi connectivity index (χ3n) is 5.62. The Labute approximate surface area is 206 Å². The minimum Gasteiger partial charge on any atom is -0.495 e. The summed E-state index contributed by atoms with van der Waals surface area (Å²) in [5.41, 5.74) is 0.866. The Hall–Kier alpha value is -3.71. The fourth-order valence-electron chi connectivity index (χ4n) is 3.82. The average Bonchev–Trinajstić information content (AvgIpc) is 3.20. The van der Waals surface area contributed by atoms with Crippen molar-refractivity contribution in [2.24, 2.45) is 0 Å².